The Hall–Kier alpha value is -1.48. The SMILES string of the molecule is Nc1ccccc1NC1C[C@H]2CC[C@@H](C1)N2C1C=CCCCCC1. The molecule has 4 atom stereocenters. The Balaban J connectivity index is 1.43. The van der Waals surface area contributed by atoms with Crippen molar-refractivity contribution < 1.29 is 0 Å². The highest BCUT2D eigenvalue weighted by Gasteiger charge is 2.43. The number of piperidine rings is 1. The molecule has 4 rings (SSSR count). The van der Waals surface area contributed by atoms with Crippen LogP contribution in [0.15, 0.2) is 36.4 Å². The lowest BCUT2D eigenvalue weighted by molar-refractivity contribution is 0.0958. The van der Waals surface area contributed by atoms with Crippen molar-refractivity contribution >= 4 is 11.4 Å². The van der Waals surface area contributed by atoms with Crippen LogP contribution < -0.4 is 11.1 Å². The van der Waals surface area contributed by atoms with E-state index < -0.39 is 0 Å². The second kappa shape index (κ2) is 7.18. The highest BCUT2D eigenvalue weighted by Crippen LogP contribution is 2.40. The van der Waals surface area contributed by atoms with E-state index in [1.807, 2.05) is 12.1 Å². The molecule has 2 fully saturated rings. The van der Waals surface area contributed by atoms with Crippen LogP contribution in [0.5, 0.6) is 0 Å². The molecule has 2 heterocycles. The quantitative estimate of drug-likeness (QED) is 0.632. The molecule has 0 aromatic heterocycles. The lowest BCUT2D eigenvalue weighted by atomic mass is 9.92. The Morgan fingerprint density at radius 3 is 2.54 bits per heavy atom. The molecule has 2 saturated heterocycles. The van der Waals surface area contributed by atoms with Crippen LogP contribution in [-0.4, -0.2) is 29.1 Å². The maximum atomic E-state index is 6.12. The topological polar surface area (TPSA) is 41.3 Å². The van der Waals surface area contributed by atoms with Crippen LogP contribution in [0, 0.1) is 0 Å². The third-order valence-electron chi connectivity index (χ3n) is 6.22. The number of fused-ring (bicyclic) bond motifs is 2. The number of rotatable bonds is 3. The Bertz CT molecular complexity index is 568. The first kappa shape index (κ1) is 16.0. The number of nitrogen functional groups attached to an aromatic ring is 1. The van der Waals surface area contributed by atoms with Gasteiger partial charge in [-0.25, -0.2) is 0 Å². The first-order valence-electron chi connectivity index (χ1n) is 9.86. The van der Waals surface area contributed by atoms with Crippen LogP contribution in [0.3, 0.4) is 0 Å². The minimum Gasteiger partial charge on any atom is -0.397 e. The average molecular weight is 326 g/mol. The maximum absolute atomic E-state index is 6.12. The first-order valence-corrected chi connectivity index (χ1v) is 9.86. The van der Waals surface area contributed by atoms with E-state index in [1.165, 1.54) is 57.8 Å². The van der Waals surface area contributed by atoms with Crippen molar-refractivity contribution in [2.45, 2.75) is 82.0 Å². The second-order valence-corrected chi connectivity index (χ2v) is 7.87. The number of anilines is 2. The number of nitrogens with zero attached hydrogens (tertiary/aromatic N) is 1. The summed E-state index contributed by atoms with van der Waals surface area (Å²) in [4.78, 5) is 2.87. The second-order valence-electron chi connectivity index (χ2n) is 7.87. The minimum absolute atomic E-state index is 0.570. The molecule has 0 saturated carbocycles. The molecule has 1 aromatic rings. The number of hydrogen-bond acceptors (Lipinski definition) is 3. The fraction of sp³-hybridized carbons (Fsp3) is 0.619. The molecule has 1 aromatic carbocycles. The number of benzene rings is 1. The van der Waals surface area contributed by atoms with Gasteiger partial charge in [0.25, 0.3) is 0 Å². The van der Waals surface area contributed by atoms with Crippen molar-refractivity contribution in [3.05, 3.63) is 36.4 Å². The molecule has 3 aliphatic rings. The van der Waals surface area contributed by atoms with Gasteiger partial charge in [0, 0.05) is 24.2 Å². The molecule has 2 aliphatic heterocycles. The van der Waals surface area contributed by atoms with Gasteiger partial charge in [0.15, 0.2) is 0 Å². The fourth-order valence-electron chi connectivity index (χ4n) is 5.11. The van der Waals surface area contributed by atoms with Crippen molar-refractivity contribution in [3.63, 3.8) is 0 Å². The summed E-state index contributed by atoms with van der Waals surface area (Å²) in [6, 6.07) is 10.9. The monoisotopic (exact) mass is 325 g/mol. The van der Waals surface area contributed by atoms with Gasteiger partial charge in [0.05, 0.1) is 11.4 Å². The minimum atomic E-state index is 0.570. The van der Waals surface area contributed by atoms with Crippen LogP contribution in [0.2, 0.25) is 0 Å². The van der Waals surface area contributed by atoms with Crippen molar-refractivity contribution in [2.24, 2.45) is 0 Å². The van der Waals surface area contributed by atoms with E-state index in [2.05, 4.69) is 34.5 Å². The highest BCUT2D eigenvalue weighted by molar-refractivity contribution is 5.66. The third kappa shape index (κ3) is 3.32. The molecule has 0 amide bonds. The summed E-state index contributed by atoms with van der Waals surface area (Å²) in [5.74, 6) is 0. The van der Waals surface area contributed by atoms with Crippen LogP contribution in [0.4, 0.5) is 11.4 Å². The van der Waals surface area contributed by atoms with Crippen LogP contribution in [-0.2, 0) is 0 Å². The zero-order chi connectivity index (χ0) is 16.4. The predicted molar refractivity (Wildman–Crippen MR) is 102 cm³/mol. The van der Waals surface area contributed by atoms with Gasteiger partial charge in [0.2, 0.25) is 0 Å². The molecule has 2 unspecified atom stereocenters. The van der Waals surface area contributed by atoms with E-state index in [9.17, 15) is 0 Å². The summed E-state index contributed by atoms with van der Waals surface area (Å²) in [5, 5.41) is 3.73. The molecule has 2 bridgehead atoms. The first-order chi connectivity index (χ1) is 11.8. The van der Waals surface area contributed by atoms with Crippen molar-refractivity contribution in [3.8, 4) is 0 Å². The lowest BCUT2D eigenvalue weighted by Gasteiger charge is -2.43. The van der Waals surface area contributed by atoms with Gasteiger partial charge < -0.3 is 11.1 Å². The number of allylic oxidation sites excluding steroid dienone is 1. The molecular formula is C21H31N3. The molecule has 130 valence electrons. The molecule has 24 heavy (non-hydrogen) atoms. The summed E-state index contributed by atoms with van der Waals surface area (Å²) in [7, 11) is 0. The van der Waals surface area contributed by atoms with Crippen molar-refractivity contribution in [2.75, 3.05) is 11.1 Å². The van der Waals surface area contributed by atoms with Gasteiger partial charge >= 0.3 is 0 Å². The summed E-state index contributed by atoms with van der Waals surface area (Å²) >= 11 is 0. The van der Waals surface area contributed by atoms with Gasteiger partial charge in [0.1, 0.15) is 0 Å². The number of nitrogens with two attached hydrogens (primary N) is 1. The standard InChI is InChI=1S/C21H31N3/c22-20-10-6-7-11-21(20)23-16-14-18-12-13-19(15-16)24(18)17-8-4-2-1-3-5-9-17/h4,6-8,10-11,16-19,23H,1-3,5,9,12-15,22H2/t16?,17?,18-,19+. The van der Waals surface area contributed by atoms with E-state index in [0.717, 1.165) is 23.5 Å². The highest BCUT2D eigenvalue weighted by atomic mass is 15.3. The Labute approximate surface area is 146 Å². The van der Waals surface area contributed by atoms with Gasteiger partial charge in [-0.3, -0.25) is 4.90 Å². The maximum Gasteiger partial charge on any atom is 0.0576 e. The molecule has 3 nitrogen and oxygen atoms in total. The van der Waals surface area contributed by atoms with Gasteiger partial charge in [-0.2, -0.15) is 0 Å². The summed E-state index contributed by atoms with van der Waals surface area (Å²) in [6.45, 7) is 0. The Morgan fingerprint density at radius 1 is 0.958 bits per heavy atom. The summed E-state index contributed by atoms with van der Waals surface area (Å²) in [5.41, 5.74) is 8.10. The van der Waals surface area contributed by atoms with E-state index in [-0.39, 0.29) is 0 Å². The van der Waals surface area contributed by atoms with Crippen LogP contribution in [0.25, 0.3) is 0 Å². The molecule has 3 N–H and O–H groups in total. The predicted octanol–water partition coefficient (Wildman–Crippen LogP) is 4.57. The zero-order valence-corrected chi connectivity index (χ0v) is 14.7. The van der Waals surface area contributed by atoms with Crippen LogP contribution >= 0.6 is 0 Å². The molecule has 1 aliphatic carbocycles. The van der Waals surface area contributed by atoms with Gasteiger partial charge in [-0.1, -0.05) is 37.1 Å². The van der Waals surface area contributed by atoms with E-state index >= 15 is 0 Å². The van der Waals surface area contributed by atoms with Crippen molar-refractivity contribution in [1.82, 2.24) is 4.90 Å². The molecule has 0 spiro atoms. The number of nitrogens with one attached hydrogen (secondary N) is 1. The van der Waals surface area contributed by atoms with Gasteiger partial charge in [-0.05, 0) is 57.1 Å². The largest absolute Gasteiger partial charge is 0.397 e. The average Bonchev–Trinajstić information content (AvgIpc) is 2.81. The third-order valence-corrected chi connectivity index (χ3v) is 6.22. The number of para-hydroxylation sites is 2. The Kier molecular flexibility index (Phi) is 4.79. The van der Waals surface area contributed by atoms with E-state index in [1.54, 1.807) is 0 Å². The molecule has 3 heteroatoms. The van der Waals surface area contributed by atoms with E-state index in [0.29, 0.717) is 12.1 Å². The summed E-state index contributed by atoms with van der Waals surface area (Å²) < 4.78 is 0. The normalized spacial score (nSPS) is 33.8. The molecular weight excluding hydrogens is 294 g/mol. The zero-order valence-electron chi connectivity index (χ0n) is 14.7. The van der Waals surface area contributed by atoms with Crippen molar-refractivity contribution in [1.29, 1.82) is 0 Å². The Morgan fingerprint density at radius 2 is 1.75 bits per heavy atom. The van der Waals surface area contributed by atoms with Crippen LogP contribution in [0.1, 0.15) is 57.8 Å². The fourth-order valence-corrected chi connectivity index (χ4v) is 5.11. The lowest BCUT2D eigenvalue weighted by Crippen LogP contribution is -2.51. The van der Waals surface area contributed by atoms with Gasteiger partial charge in [-0.15, -0.1) is 0 Å². The van der Waals surface area contributed by atoms with E-state index in [4.69, 9.17) is 5.73 Å². The number of hydrogen-bond donors (Lipinski definition) is 2. The summed E-state index contributed by atoms with van der Waals surface area (Å²) in [6.07, 6.45) is 17.0. The molecule has 0 radical (unpaired) electrons. The smallest absolute Gasteiger partial charge is 0.0576 e.